The van der Waals surface area contributed by atoms with Gasteiger partial charge < -0.3 is 5.32 Å². The first-order chi connectivity index (χ1) is 7.40. The van der Waals surface area contributed by atoms with E-state index in [-0.39, 0.29) is 0 Å². The second-order valence-electron chi connectivity index (χ2n) is 3.75. The molecule has 82 valence electrons. The fraction of sp³-hybridized carbons (Fsp3) is 0.636. The molecule has 1 aromatic heterocycles. The topological polar surface area (TPSA) is 37.8 Å². The van der Waals surface area contributed by atoms with Crippen LogP contribution in [0.15, 0.2) is 18.5 Å². The molecule has 0 bridgehead atoms. The Morgan fingerprint density at radius 1 is 1.40 bits per heavy atom. The van der Waals surface area contributed by atoms with Crippen molar-refractivity contribution in [2.75, 3.05) is 11.1 Å². The lowest BCUT2D eigenvalue weighted by atomic mass is 10.2. The van der Waals surface area contributed by atoms with Gasteiger partial charge in [-0.05, 0) is 24.7 Å². The highest BCUT2D eigenvalue weighted by Gasteiger charge is 2.27. The lowest BCUT2D eigenvalue weighted by Gasteiger charge is -2.19. The van der Waals surface area contributed by atoms with Gasteiger partial charge in [-0.15, -0.1) is 0 Å². The maximum atomic E-state index is 4.21. The maximum Gasteiger partial charge on any atom is 0.222 e. The monoisotopic (exact) mass is 223 g/mol. The molecule has 0 saturated heterocycles. The van der Waals surface area contributed by atoms with Crippen molar-refractivity contribution in [1.82, 2.24) is 9.97 Å². The SMILES string of the molecule is CCS[C@H]1CCC[C@@H]1Nc1ncccn1. The number of thioether (sulfide) groups is 1. The second-order valence-corrected chi connectivity index (χ2v) is 5.26. The molecular weight excluding hydrogens is 206 g/mol. The van der Waals surface area contributed by atoms with Crippen LogP contribution < -0.4 is 5.32 Å². The van der Waals surface area contributed by atoms with Crippen molar-refractivity contribution in [3.05, 3.63) is 18.5 Å². The average Bonchev–Trinajstić information content (AvgIpc) is 2.68. The predicted molar refractivity (Wildman–Crippen MR) is 65.2 cm³/mol. The van der Waals surface area contributed by atoms with Gasteiger partial charge in [0.15, 0.2) is 0 Å². The zero-order chi connectivity index (χ0) is 10.5. The molecule has 0 aliphatic heterocycles. The van der Waals surface area contributed by atoms with Crippen molar-refractivity contribution in [2.45, 2.75) is 37.5 Å². The summed E-state index contributed by atoms with van der Waals surface area (Å²) in [7, 11) is 0. The zero-order valence-electron chi connectivity index (χ0n) is 9.02. The molecule has 4 heteroatoms. The summed E-state index contributed by atoms with van der Waals surface area (Å²) in [6.45, 7) is 2.22. The van der Waals surface area contributed by atoms with Crippen LogP contribution in [0.5, 0.6) is 0 Å². The molecule has 0 unspecified atom stereocenters. The first-order valence-corrected chi connectivity index (χ1v) is 6.60. The van der Waals surface area contributed by atoms with Gasteiger partial charge in [0.25, 0.3) is 0 Å². The summed E-state index contributed by atoms with van der Waals surface area (Å²) >= 11 is 2.05. The Balaban J connectivity index is 1.93. The fourth-order valence-corrected chi connectivity index (χ4v) is 3.24. The standard InChI is InChI=1S/C11H17N3S/c1-2-15-10-6-3-5-9(10)14-11-12-7-4-8-13-11/h4,7-10H,2-3,5-6H2,1H3,(H,12,13,14)/t9-,10-/m0/s1. The molecule has 1 N–H and O–H groups in total. The Morgan fingerprint density at radius 2 is 2.20 bits per heavy atom. The lowest BCUT2D eigenvalue weighted by Crippen LogP contribution is -2.27. The molecule has 0 radical (unpaired) electrons. The van der Waals surface area contributed by atoms with E-state index < -0.39 is 0 Å². The van der Waals surface area contributed by atoms with Crippen molar-refractivity contribution in [3.8, 4) is 0 Å². The van der Waals surface area contributed by atoms with Gasteiger partial charge in [0.05, 0.1) is 0 Å². The first-order valence-electron chi connectivity index (χ1n) is 5.55. The molecule has 2 rings (SSSR count). The largest absolute Gasteiger partial charge is 0.350 e. The average molecular weight is 223 g/mol. The van der Waals surface area contributed by atoms with Crippen molar-refractivity contribution in [2.24, 2.45) is 0 Å². The highest BCUT2D eigenvalue weighted by molar-refractivity contribution is 7.99. The summed E-state index contributed by atoms with van der Waals surface area (Å²) in [5, 5.41) is 4.17. The Morgan fingerprint density at radius 3 is 2.93 bits per heavy atom. The molecule has 1 fully saturated rings. The molecule has 15 heavy (non-hydrogen) atoms. The van der Waals surface area contributed by atoms with E-state index in [4.69, 9.17) is 0 Å². The Bertz CT molecular complexity index is 291. The molecule has 0 spiro atoms. The van der Waals surface area contributed by atoms with Crippen LogP contribution in [-0.2, 0) is 0 Å². The molecule has 2 atom stereocenters. The van der Waals surface area contributed by atoms with Gasteiger partial charge in [-0.1, -0.05) is 13.3 Å². The Hall–Kier alpha value is -0.770. The summed E-state index contributed by atoms with van der Waals surface area (Å²) in [5.74, 6) is 1.96. The van der Waals surface area contributed by atoms with Gasteiger partial charge in [0.2, 0.25) is 5.95 Å². The number of hydrogen-bond donors (Lipinski definition) is 1. The summed E-state index contributed by atoms with van der Waals surface area (Å²) < 4.78 is 0. The number of nitrogens with zero attached hydrogens (tertiary/aromatic N) is 2. The van der Waals surface area contributed by atoms with Crippen LogP contribution in [0.3, 0.4) is 0 Å². The number of hydrogen-bond acceptors (Lipinski definition) is 4. The molecule has 0 amide bonds. The summed E-state index contributed by atoms with van der Waals surface area (Å²) in [5.41, 5.74) is 0. The van der Waals surface area contributed by atoms with E-state index in [1.165, 1.54) is 25.0 Å². The van der Waals surface area contributed by atoms with Crippen LogP contribution in [0, 0.1) is 0 Å². The zero-order valence-corrected chi connectivity index (χ0v) is 9.83. The third-order valence-corrected chi connectivity index (χ3v) is 4.04. The minimum Gasteiger partial charge on any atom is -0.350 e. The van der Waals surface area contributed by atoms with E-state index in [2.05, 4.69) is 22.2 Å². The third-order valence-electron chi connectivity index (χ3n) is 2.71. The minimum absolute atomic E-state index is 0.553. The van der Waals surface area contributed by atoms with Crippen molar-refractivity contribution in [3.63, 3.8) is 0 Å². The normalized spacial score (nSPS) is 25.4. The number of rotatable bonds is 4. The molecule has 1 aromatic rings. The van der Waals surface area contributed by atoms with Crippen LogP contribution >= 0.6 is 11.8 Å². The van der Waals surface area contributed by atoms with E-state index in [9.17, 15) is 0 Å². The highest BCUT2D eigenvalue weighted by atomic mass is 32.2. The number of anilines is 1. The van der Waals surface area contributed by atoms with Gasteiger partial charge in [0.1, 0.15) is 0 Å². The Labute approximate surface area is 95.1 Å². The summed E-state index contributed by atoms with van der Waals surface area (Å²) in [4.78, 5) is 8.41. The smallest absolute Gasteiger partial charge is 0.222 e. The van der Waals surface area contributed by atoms with Gasteiger partial charge in [0, 0.05) is 23.7 Å². The van der Waals surface area contributed by atoms with Gasteiger partial charge >= 0.3 is 0 Å². The van der Waals surface area contributed by atoms with Crippen LogP contribution in [0.1, 0.15) is 26.2 Å². The van der Waals surface area contributed by atoms with Crippen molar-refractivity contribution in [1.29, 1.82) is 0 Å². The van der Waals surface area contributed by atoms with E-state index in [0.29, 0.717) is 6.04 Å². The van der Waals surface area contributed by atoms with E-state index in [1.54, 1.807) is 12.4 Å². The van der Waals surface area contributed by atoms with Crippen LogP contribution in [0.4, 0.5) is 5.95 Å². The highest BCUT2D eigenvalue weighted by Crippen LogP contribution is 2.31. The van der Waals surface area contributed by atoms with Gasteiger partial charge in [-0.3, -0.25) is 0 Å². The lowest BCUT2D eigenvalue weighted by molar-refractivity contribution is 0.755. The summed E-state index contributed by atoms with van der Waals surface area (Å²) in [6.07, 6.45) is 7.46. The fourth-order valence-electron chi connectivity index (χ4n) is 2.04. The molecular formula is C11H17N3S. The van der Waals surface area contributed by atoms with E-state index in [1.807, 2.05) is 17.8 Å². The van der Waals surface area contributed by atoms with E-state index >= 15 is 0 Å². The number of nitrogens with one attached hydrogen (secondary N) is 1. The van der Waals surface area contributed by atoms with E-state index in [0.717, 1.165) is 11.2 Å². The van der Waals surface area contributed by atoms with Gasteiger partial charge in [-0.2, -0.15) is 11.8 Å². The quantitative estimate of drug-likeness (QED) is 0.851. The van der Waals surface area contributed by atoms with Crippen LogP contribution in [0.25, 0.3) is 0 Å². The molecule has 1 saturated carbocycles. The maximum absolute atomic E-state index is 4.21. The Kier molecular flexibility index (Phi) is 3.83. The molecule has 1 heterocycles. The molecule has 3 nitrogen and oxygen atoms in total. The van der Waals surface area contributed by atoms with Crippen molar-refractivity contribution >= 4 is 17.7 Å². The number of aromatic nitrogens is 2. The molecule has 1 aliphatic rings. The van der Waals surface area contributed by atoms with Gasteiger partial charge in [-0.25, -0.2) is 9.97 Å². The predicted octanol–water partition coefficient (Wildman–Crippen LogP) is 2.56. The first kappa shape index (κ1) is 10.7. The molecule has 1 aliphatic carbocycles. The molecule has 0 aromatic carbocycles. The van der Waals surface area contributed by atoms with Crippen molar-refractivity contribution < 1.29 is 0 Å². The summed E-state index contributed by atoms with van der Waals surface area (Å²) in [6, 6.07) is 2.40. The third kappa shape index (κ3) is 2.84. The van der Waals surface area contributed by atoms with Crippen LogP contribution in [-0.4, -0.2) is 27.0 Å². The minimum atomic E-state index is 0.553. The second kappa shape index (κ2) is 5.35. The van der Waals surface area contributed by atoms with Crippen LogP contribution in [0.2, 0.25) is 0 Å².